The van der Waals surface area contributed by atoms with Gasteiger partial charge >= 0.3 is 5.69 Å². The molecule has 6 heteroatoms. The maximum absolute atomic E-state index is 11.3. The van der Waals surface area contributed by atoms with Crippen LogP contribution in [-0.2, 0) is 0 Å². The van der Waals surface area contributed by atoms with Crippen molar-refractivity contribution < 1.29 is 0 Å². The average Bonchev–Trinajstić information content (AvgIpc) is 2.63. The predicted molar refractivity (Wildman–Crippen MR) is 55.9 cm³/mol. The van der Waals surface area contributed by atoms with Crippen molar-refractivity contribution in [3.05, 3.63) is 45.3 Å². The molecule has 1 atom stereocenters. The SMILES string of the molecule is CC(c1cccc(Cl)c1)n1nn[nH]c1=O. The Morgan fingerprint density at radius 1 is 1.53 bits per heavy atom. The molecule has 1 N–H and O–H groups in total. The van der Waals surface area contributed by atoms with Crippen LogP contribution < -0.4 is 5.69 Å². The minimum Gasteiger partial charge on any atom is -0.244 e. The second-order valence-corrected chi connectivity index (χ2v) is 3.62. The number of hydrogen-bond donors (Lipinski definition) is 1. The highest BCUT2D eigenvalue weighted by Crippen LogP contribution is 2.18. The van der Waals surface area contributed by atoms with Crippen molar-refractivity contribution in [2.75, 3.05) is 0 Å². The van der Waals surface area contributed by atoms with Crippen LogP contribution in [0.15, 0.2) is 29.1 Å². The van der Waals surface area contributed by atoms with E-state index in [0.29, 0.717) is 5.02 Å². The number of rotatable bonds is 2. The fraction of sp³-hybridized carbons (Fsp3) is 0.222. The van der Waals surface area contributed by atoms with Crippen molar-refractivity contribution in [3.8, 4) is 0 Å². The van der Waals surface area contributed by atoms with Crippen LogP contribution in [0.2, 0.25) is 5.02 Å². The van der Waals surface area contributed by atoms with Crippen LogP contribution in [0.5, 0.6) is 0 Å². The number of aromatic amines is 1. The molecule has 0 saturated heterocycles. The maximum Gasteiger partial charge on any atom is 0.361 e. The molecule has 2 rings (SSSR count). The quantitative estimate of drug-likeness (QED) is 0.835. The molecule has 0 amide bonds. The van der Waals surface area contributed by atoms with E-state index in [4.69, 9.17) is 11.6 Å². The van der Waals surface area contributed by atoms with Crippen molar-refractivity contribution in [3.63, 3.8) is 0 Å². The lowest BCUT2D eigenvalue weighted by atomic mass is 10.1. The van der Waals surface area contributed by atoms with E-state index in [0.717, 1.165) is 5.56 Å². The molecule has 0 spiro atoms. The number of aromatic nitrogens is 4. The van der Waals surface area contributed by atoms with E-state index in [-0.39, 0.29) is 11.7 Å². The topological polar surface area (TPSA) is 63.6 Å². The molecule has 1 heterocycles. The van der Waals surface area contributed by atoms with E-state index in [1.807, 2.05) is 19.1 Å². The Kier molecular flexibility index (Phi) is 2.55. The van der Waals surface area contributed by atoms with Gasteiger partial charge in [-0.1, -0.05) is 23.7 Å². The molecule has 5 nitrogen and oxygen atoms in total. The molecule has 0 aliphatic rings. The summed E-state index contributed by atoms with van der Waals surface area (Å²) in [4.78, 5) is 11.3. The van der Waals surface area contributed by atoms with E-state index in [2.05, 4.69) is 15.5 Å². The third-order valence-electron chi connectivity index (χ3n) is 2.19. The first kappa shape index (κ1) is 9.92. The van der Waals surface area contributed by atoms with E-state index < -0.39 is 0 Å². The molecule has 0 fully saturated rings. The van der Waals surface area contributed by atoms with Gasteiger partial charge in [-0.05, 0) is 35.0 Å². The largest absolute Gasteiger partial charge is 0.361 e. The highest BCUT2D eigenvalue weighted by Gasteiger charge is 2.11. The van der Waals surface area contributed by atoms with Crippen LogP contribution in [0.3, 0.4) is 0 Å². The maximum atomic E-state index is 11.3. The molecule has 0 bridgehead atoms. The van der Waals surface area contributed by atoms with Crippen LogP contribution in [0.25, 0.3) is 0 Å². The van der Waals surface area contributed by atoms with Gasteiger partial charge in [-0.25, -0.2) is 9.89 Å². The Labute approximate surface area is 90.7 Å². The standard InChI is InChI=1S/C9H9ClN4O/c1-6(14-9(15)11-12-13-14)7-3-2-4-8(10)5-7/h2-6H,1H3,(H,11,13,15). The molecular weight excluding hydrogens is 216 g/mol. The summed E-state index contributed by atoms with van der Waals surface area (Å²) < 4.78 is 1.27. The summed E-state index contributed by atoms with van der Waals surface area (Å²) in [5.74, 6) is 0. The van der Waals surface area contributed by atoms with E-state index in [9.17, 15) is 4.79 Å². The lowest BCUT2D eigenvalue weighted by Gasteiger charge is -2.09. The van der Waals surface area contributed by atoms with Gasteiger partial charge in [0.1, 0.15) is 0 Å². The van der Waals surface area contributed by atoms with E-state index in [1.54, 1.807) is 12.1 Å². The van der Waals surface area contributed by atoms with Crippen molar-refractivity contribution >= 4 is 11.6 Å². The van der Waals surface area contributed by atoms with Crippen molar-refractivity contribution in [1.29, 1.82) is 0 Å². The number of tetrazole rings is 1. The molecule has 1 aromatic heterocycles. The first-order chi connectivity index (χ1) is 7.18. The zero-order valence-electron chi connectivity index (χ0n) is 8.01. The fourth-order valence-corrected chi connectivity index (χ4v) is 1.56. The van der Waals surface area contributed by atoms with Gasteiger partial charge in [-0.2, -0.15) is 4.68 Å². The lowest BCUT2D eigenvalue weighted by molar-refractivity contribution is 0.528. The van der Waals surface area contributed by atoms with Gasteiger partial charge in [0.15, 0.2) is 0 Å². The number of benzene rings is 1. The third kappa shape index (κ3) is 1.92. The summed E-state index contributed by atoms with van der Waals surface area (Å²) >= 11 is 5.86. The number of halogens is 1. The lowest BCUT2D eigenvalue weighted by Crippen LogP contribution is -2.22. The molecule has 1 unspecified atom stereocenters. The van der Waals surface area contributed by atoms with E-state index in [1.165, 1.54) is 4.68 Å². The summed E-state index contributed by atoms with van der Waals surface area (Å²) in [7, 11) is 0. The predicted octanol–water partition coefficient (Wildman–Crippen LogP) is 1.23. The molecular formula is C9H9ClN4O. The smallest absolute Gasteiger partial charge is 0.244 e. The summed E-state index contributed by atoms with van der Waals surface area (Å²) in [5, 5.41) is 9.99. The van der Waals surface area contributed by atoms with Crippen molar-refractivity contribution in [2.24, 2.45) is 0 Å². The number of nitrogens with one attached hydrogen (secondary N) is 1. The average molecular weight is 225 g/mol. The second-order valence-electron chi connectivity index (χ2n) is 3.18. The normalized spacial score (nSPS) is 12.7. The number of hydrogen-bond acceptors (Lipinski definition) is 3. The Morgan fingerprint density at radius 3 is 2.93 bits per heavy atom. The van der Waals surface area contributed by atoms with Crippen molar-refractivity contribution in [2.45, 2.75) is 13.0 Å². The second kappa shape index (κ2) is 3.86. The van der Waals surface area contributed by atoms with Gasteiger partial charge in [-0.3, -0.25) is 0 Å². The highest BCUT2D eigenvalue weighted by atomic mass is 35.5. The molecule has 0 aliphatic carbocycles. The molecule has 0 aliphatic heterocycles. The van der Waals surface area contributed by atoms with Crippen LogP contribution in [0, 0.1) is 0 Å². The van der Waals surface area contributed by atoms with Crippen LogP contribution in [-0.4, -0.2) is 20.2 Å². The monoisotopic (exact) mass is 224 g/mol. The summed E-state index contributed by atoms with van der Waals surface area (Å²) in [6, 6.07) is 7.11. The van der Waals surface area contributed by atoms with Crippen LogP contribution in [0.1, 0.15) is 18.5 Å². The van der Waals surface area contributed by atoms with Gasteiger partial charge in [0.25, 0.3) is 0 Å². The third-order valence-corrected chi connectivity index (χ3v) is 2.43. The molecule has 78 valence electrons. The number of nitrogens with zero attached hydrogens (tertiary/aromatic N) is 3. The zero-order chi connectivity index (χ0) is 10.8. The Balaban J connectivity index is 2.41. The molecule has 1 aromatic carbocycles. The summed E-state index contributed by atoms with van der Waals surface area (Å²) in [5.41, 5.74) is 0.584. The Morgan fingerprint density at radius 2 is 2.33 bits per heavy atom. The Bertz CT molecular complexity index is 519. The van der Waals surface area contributed by atoms with Crippen LogP contribution in [0.4, 0.5) is 0 Å². The molecule has 0 saturated carbocycles. The van der Waals surface area contributed by atoms with Gasteiger partial charge in [0, 0.05) is 5.02 Å². The molecule has 15 heavy (non-hydrogen) atoms. The van der Waals surface area contributed by atoms with Crippen LogP contribution >= 0.6 is 11.6 Å². The highest BCUT2D eigenvalue weighted by molar-refractivity contribution is 6.30. The summed E-state index contributed by atoms with van der Waals surface area (Å²) in [6.45, 7) is 1.86. The fourth-order valence-electron chi connectivity index (χ4n) is 1.37. The van der Waals surface area contributed by atoms with Gasteiger partial charge in [0.05, 0.1) is 6.04 Å². The van der Waals surface area contributed by atoms with E-state index >= 15 is 0 Å². The molecule has 2 aromatic rings. The first-order valence-electron chi connectivity index (χ1n) is 4.44. The number of H-pyrrole nitrogens is 1. The van der Waals surface area contributed by atoms with Gasteiger partial charge < -0.3 is 0 Å². The molecule has 0 radical (unpaired) electrons. The first-order valence-corrected chi connectivity index (χ1v) is 4.81. The van der Waals surface area contributed by atoms with Gasteiger partial charge in [0.2, 0.25) is 0 Å². The minimum atomic E-state index is -0.331. The van der Waals surface area contributed by atoms with Crippen molar-refractivity contribution in [1.82, 2.24) is 20.2 Å². The zero-order valence-corrected chi connectivity index (χ0v) is 8.77. The Hall–Kier alpha value is -1.62. The minimum absolute atomic E-state index is 0.185. The van der Waals surface area contributed by atoms with Gasteiger partial charge in [-0.15, -0.1) is 0 Å². The summed E-state index contributed by atoms with van der Waals surface area (Å²) in [6.07, 6.45) is 0.